The molecule has 1 unspecified atom stereocenters. The summed E-state index contributed by atoms with van der Waals surface area (Å²) >= 11 is 0. The van der Waals surface area contributed by atoms with Gasteiger partial charge in [0.1, 0.15) is 12.1 Å². The monoisotopic (exact) mass is 352 g/mol. The lowest BCUT2D eigenvalue weighted by Crippen LogP contribution is -2.13. The Morgan fingerprint density at radius 2 is 2.15 bits per heavy atom. The van der Waals surface area contributed by atoms with Crippen molar-refractivity contribution >= 4 is 11.5 Å². The third kappa shape index (κ3) is 3.75. The zero-order chi connectivity index (χ0) is 18.5. The molecule has 0 spiro atoms. The summed E-state index contributed by atoms with van der Waals surface area (Å²) < 4.78 is 7.19. The highest BCUT2D eigenvalue weighted by molar-refractivity contribution is 5.67. The SMILES string of the molecule is COC(C)Cc1c(N)ncnc1-c1cnn(C(CC#N)=C2CCCC2)c1. The molecule has 1 aliphatic rings. The van der Waals surface area contributed by atoms with E-state index in [1.165, 1.54) is 24.7 Å². The molecule has 2 aromatic rings. The first-order chi connectivity index (χ1) is 12.6. The number of nitriles is 1. The molecule has 0 amide bonds. The molecule has 0 saturated heterocycles. The van der Waals surface area contributed by atoms with Gasteiger partial charge in [-0.25, -0.2) is 14.6 Å². The van der Waals surface area contributed by atoms with Gasteiger partial charge >= 0.3 is 0 Å². The highest BCUT2D eigenvalue weighted by Gasteiger charge is 2.18. The van der Waals surface area contributed by atoms with Gasteiger partial charge in [0.25, 0.3) is 0 Å². The van der Waals surface area contributed by atoms with E-state index in [2.05, 4.69) is 21.1 Å². The summed E-state index contributed by atoms with van der Waals surface area (Å²) in [6.07, 6.45) is 10.6. The number of anilines is 1. The van der Waals surface area contributed by atoms with Crippen molar-refractivity contribution in [3.05, 3.63) is 29.9 Å². The Bertz CT molecular complexity index is 840. The first kappa shape index (κ1) is 18.1. The number of hydrogen-bond acceptors (Lipinski definition) is 6. The molecule has 0 radical (unpaired) electrons. The molecule has 0 bridgehead atoms. The van der Waals surface area contributed by atoms with Gasteiger partial charge in [0.2, 0.25) is 0 Å². The van der Waals surface area contributed by atoms with Crippen molar-refractivity contribution in [3.63, 3.8) is 0 Å². The van der Waals surface area contributed by atoms with Crippen LogP contribution in [0.3, 0.4) is 0 Å². The third-order valence-corrected chi connectivity index (χ3v) is 4.87. The topological polar surface area (TPSA) is 103 Å². The van der Waals surface area contributed by atoms with Crippen LogP contribution >= 0.6 is 0 Å². The number of rotatable bonds is 6. The fourth-order valence-corrected chi connectivity index (χ4v) is 3.37. The maximum atomic E-state index is 9.21. The number of allylic oxidation sites excluding steroid dienone is 2. The first-order valence-electron chi connectivity index (χ1n) is 8.89. The number of nitrogens with zero attached hydrogens (tertiary/aromatic N) is 5. The summed E-state index contributed by atoms with van der Waals surface area (Å²) in [6.45, 7) is 1.98. The van der Waals surface area contributed by atoms with E-state index in [1.807, 2.05) is 17.8 Å². The number of nitrogen functional groups attached to an aromatic ring is 1. The van der Waals surface area contributed by atoms with Crippen LogP contribution in [0.1, 0.15) is 44.6 Å². The maximum absolute atomic E-state index is 9.21. The Labute approximate surface area is 153 Å². The first-order valence-corrected chi connectivity index (χ1v) is 8.89. The zero-order valence-corrected chi connectivity index (χ0v) is 15.3. The van der Waals surface area contributed by atoms with Crippen LogP contribution in [0.4, 0.5) is 5.82 Å². The molecule has 0 aliphatic heterocycles. The fourth-order valence-electron chi connectivity index (χ4n) is 3.37. The van der Waals surface area contributed by atoms with Crippen molar-refractivity contribution in [2.45, 2.75) is 51.6 Å². The van der Waals surface area contributed by atoms with E-state index in [4.69, 9.17) is 10.5 Å². The molecule has 3 rings (SSSR count). The van der Waals surface area contributed by atoms with Crippen molar-refractivity contribution < 1.29 is 4.74 Å². The summed E-state index contributed by atoms with van der Waals surface area (Å²) in [6, 6.07) is 2.27. The van der Waals surface area contributed by atoms with Crippen LogP contribution in [-0.2, 0) is 11.2 Å². The summed E-state index contributed by atoms with van der Waals surface area (Å²) in [5, 5.41) is 13.7. The molecule has 1 aliphatic carbocycles. The van der Waals surface area contributed by atoms with E-state index in [1.54, 1.807) is 13.3 Å². The average Bonchev–Trinajstić information content (AvgIpc) is 3.33. The van der Waals surface area contributed by atoms with E-state index in [-0.39, 0.29) is 6.10 Å². The smallest absolute Gasteiger partial charge is 0.130 e. The number of methoxy groups -OCH3 is 1. The molecular weight excluding hydrogens is 328 g/mol. The Morgan fingerprint density at radius 1 is 1.38 bits per heavy atom. The minimum atomic E-state index is 0.00634. The molecule has 26 heavy (non-hydrogen) atoms. The lowest BCUT2D eigenvalue weighted by Gasteiger charge is -2.13. The highest BCUT2D eigenvalue weighted by atomic mass is 16.5. The van der Waals surface area contributed by atoms with Crippen LogP contribution in [0, 0.1) is 11.3 Å². The summed E-state index contributed by atoms with van der Waals surface area (Å²) in [5.41, 5.74) is 10.9. The molecule has 0 aromatic carbocycles. The maximum Gasteiger partial charge on any atom is 0.130 e. The van der Waals surface area contributed by atoms with Gasteiger partial charge in [-0.15, -0.1) is 0 Å². The fraction of sp³-hybridized carbons (Fsp3) is 0.474. The molecule has 1 atom stereocenters. The van der Waals surface area contributed by atoms with Crippen LogP contribution in [0.25, 0.3) is 17.0 Å². The van der Waals surface area contributed by atoms with Gasteiger partial charge in [0, 0.05) is 30.9 Å². The minimum Gasteiger partial charge on any atom is -0.383 e. The van der Waals surface area contributed by atoms with Gasteiger partial charge in [-0.2, -0.15) is 10.4 Å². The van der Waals surface area contributed by atoms with Crippen molar-refractivity contribution in [2.75, 3.05) is 12.8 Å². The standard InChI is InChI=1S/C19H24N6O/c1-13(26-2)9-16-18(22-12-23-19(16)21)15-10-24-25(11-15)17(7-8-20)14-5-3-4-6-14/h10-13H,3-7,9H2,1-2H3,(H2,21,22,23). The molecule has 2 N–H and O–H groups in total. The number of nitrogens with two attached hydrogens (primary N) is 1. The Balaban J connectivity index is 1.99. The summed E-state index contributed by atoms with van der Waals surface area (Å²) in [4.78, 5) is 8.55. The molecule has 2 heterocycles. The lowest BCUT2D eigenvalue weighted by molar-refractivity contribution is 0.119. The van der Waals surface area contributed by atoms with Gasteiger partial charge in [0.15, 0.2) is 0 Å². The van der Waals surface area contributed by atoms with E-state index in [0.29, 0.717) is 18.7 Å². The van der Waals surface area contributed by atoms with Crippen LogP contribution in [-0.4, -0.2) is 33.0 Å². The van der Waals surface area contributed by atoms with Gasteiger partial charge < -0.3 is 10.5 Å². The highest BCUT2D eigenvalue weighted by Crippen LogP contribution is 2.32. The molecule has 1 saturated carbocycles. The summed E-state index contributed by atoms with van der Waals surface area (Å²) in [5.74, 6) is 0.457. The van der Waals surface area contributed by atoms with Crippen molar-refractivity contribution in [2.24, 2.45) is 0 Å². The second-order valence-corrected chi connectivity index (χ2v) is 6.60. The Morgan fingerprint density at radius 3 is 2.85 bits per heavy atom. The average molecular weight is 352 g/mol. The van der Waals surface area contributed by atoms with Crippen molar-refractivity contribution in [1.82, 2.24) is 19.7 Å². The molecule has 7 heteroatoms. The van der Waals surface area contributed by atoms with Gasteiger partial charge in [-0.1, -0.05) is 0 Å². The van der Waals surface area contributed by atoms with Gasteiger partial charge in [-0.05, 0) is 38.2 Å². The Hall–Kier alpha value is -2.72. The van der Waals surface area contributed by atoms with E-state index >= 15 is 0 Å². The van der Waals surface area contributed by atoms with Crippen molar-refractivity contribution in [1.29, 1.82) is 5.26 Å². The Kier molecular flexibility index (Phi) is 5.64. The predicted molar refractivity (Wildman–Crippen MR) is 99.8 cm³/mol. The van der Waals surface area contributed by atoms with Crippen LogP contribution in [0.15, 0.2) is 24.3 Å². The molecular formula is C19H24N6O. The largest absolute Gasteiger partial charge is 0.383 e. The third-order valence-electron chi connectivity index (χ3n) is 4.87. The predicted octanol–water partition coefficient (Wildman–Crippen LogP) is 3.20. The van der Waals surface area contributed by atoms with E-state index in [9.17, 15) is 5.26 Å². The molecule has 7 nitrogen and oxygen atoms in total. The number of ether oxygens (including phenoxy) is 1. The normalized spacial score (nSPS) is 15.0. The van der Waals surface area contributed by atoms with Crippen LogP contribution in [0.2, 0.25) is 0 Å². The van der Waals surface area contributed by atoms with Crippen LogP contribution in [0.5, 0.6) is 0 Å². The molecule has 2 aromatic heterocycles. The van der Waals surface area contributed by atoms with Crippen molar-refractivity contribution in [3.8, 4) is 17.3 Å². The van der Waals surface area contributed by atoms with Gasteiger partial charge in [-0.3, -0.25) is 0 Å². The second-order valence-electron chi connectivity index (χ2n) is 6.60. The number of aromatic nitrogens is 4. The lowest BCUT2D eigenvalue weighted by atomic mass is 10.0. The minimum absolute atomic E-state index is 0.00634. The number of hydrogen-bond donors (Lipinski definition) is 1. The zero-order valence-electron chi connectivity index (χ0n) is 15.3. The van der Waals surface area contributed by atoms with E-state index in [0.717, 1.165) is 35.4 Å². The summed E-state index contributed by atoms with van der Waals surface area (Å²) in [7, 11) is 1.67. The van der Waals surface area contributed by atoms with E-state index < -0.39 is 0 Å². The molecule has 1 fully saturated rings. The van der Waals surface area contributed by atoms with Gasteiger partial charge in [0.05, 0.1) is 36.2 Å². The molecule has 136 valence electrons. The van der Waals surface area contributed by atoms with Crippen LogP contribution < -0.4 is 5.73 Å². The second kappa shape index (κ2) is 8.11. The quantitative estimate of drug-likeness (QED) is 0.856.